The van der Waals surface area contributed by atoms with Gasteiger partial charge in [-0.15, -0.1) is 0 Å². The highest BCUT2D eigenvalue weighted by molar-refractivity contribution is 7.93. The second kappa shape index (κ2) is 11.2. The fourth-order valence-electron chi connectivity index (χ4n) is 4.67. The lowest BCUT2D eigenvalue weighted by molar-refractivity contribution is 0.184. The Bertz CT molecular complexity index is 1270. The largest absolute Gasteiger partial charge is 0.479 e. The summed E-state index contributed by atoms with van der Waals surface area (Å²) in [6, 6.07) is 6.56. The summed E-state index contributed by atoms with van der Waals surface area (Å²) in [5.41, 5.74) is 2.77. The van der Waals surface area contributed by atoms with E-state index in [1.54, 1.807) is 37.3 Å². The van der Waals surface area contributed by atoms with Crippen LogP contribution < -0.4 is 4.72 Å². The fourth-order valence-corrected chi connectivity index (χ4v) is 6.14. The first kappa shape index (κ1) is 27.2. The number of allylic oxidation sites excluding steroid dienone is 3. The van der Waals surface area contributed by atoms with Crippen LogP contribution in [0.3, 0.4) is 0 Å². The number of aliphatic hydroxyl groups is 1. The predicted octanol–water partition coefficient (Wildman–Crippen LogP) is 2.95. The van der Waals surface area contributed by atoms with Crippen LogP contribution in [0.4, 0.5) is 10.1 Å². The average molecular weight is 532 g/mol. The molecule has 0 saturated heterocycles. The van der Waals surface area contributed by atoms with E-state index in [0.29, 0.717) is 42.7 Å². The summed E-state index contributed by atoms with van der Waals surface area (Å²) in [7, 11) is -2.05. The van der Waals surface area contributed by atoms with Gasteiger partial charge in [0, 0.05) is 30.1 Å². The van der Waals surface area contributed by atoms with Gasteiger partial charge in [-0.05, 0) is 64.6 Å². The number of hydrogen-bond acceptors (Lipinski definition) is 8. The number of halogens is 1. The molecule has 3 unspecified atom stereocenters. The Hall–Kier alpha value is -2.89. The molecule has 2 heterocycles. The number of aliphatic imine (C=N–C) groups is 3. The maximum absolute atomic E-state index is 14.2. The molecule has 0 bridgehead atoms. The van der Waals surface area contributed by atoms with E-state index in [1.807, 2.05) is 25.8 Å². The second-order valence-corrected chi connectivity index (χ2v) is 11.6. The molecule has 0 radical (unpaired) electrons. The Balaban J connectivity index is 1.51. The fraction of sp³-hybridized carbons (Fsp3) is 0.500. The summed E-state index contributed by atoms with van der Waals surface area (Å²) >= 11 is 0. The Morgan fingerprint density at radius 3 is 2.59 bits per heavy atom. The van der Waals surface area contributed by atoms with Crippen LogP contribution in [0.25, 0.3) is 0 Å². The molecule has 1 aromatic rings. The summed E-state index contributed by atoms with van der Waals surface area (Å²) < 4.78 is 48.4. The molecule has 1 aromatic carbocycles. The summed E-state index contributed by atoms with van der Waals surface area (Å²) in [5, 5.41) is 7.86. The molecule has 4 rings (SSSR count). The maximum Gasteiger partial charge on any atom is 0.242 e. The number of anilines is 1. The number of ether oxygens (including phenoxy) is 1. The van der Waals surface area contributed by atoms with Crippen molar-refractivity contribution in [3.63, 3.8) is 0 Å². The smallest absolute Gasteiger partial charge is 0.242 e. The van der Waals surface area contributed by atoms with Gasteiger partial charge in [-0.2, -0.15) is 4.99 Å². The standard InChI is InChI=1S/C26H34FN5O4S/c1-16-5-10-21(27)22(15-16)37(34,35)31-20-8-6-19(7-9-20)25-29-24-18(3)28-17(2)23(24)26(30-25)36-14-12-32(4)11-13-33/h5-10,18,22-24,31,33H,11-15H2,1-4H3/t18-,22?,23?,24?/m1/s1. The normalized spacial score (nSPS) is 25.5. The number of benzene rings is 1. The van der Waals surface area contributed by atoms with Gasteiger partial charge in [-0.3, -0.25) is 14.7 Å². The van der Waals surface area contributed by atoms with E-state index in [1.165, 1.54) is 6.08 Å². The van der Waals surface area contributed by atoms with Crippen molar-refractivity contribution in [3.8, 4) is 0 Å². The van der Waals surface area contributed by atoms with Gasteiger partial charge in [0.15, 0.2) is 5.84 Å². The van der Waals surface area contributed by atoms with Crippen molar-refractivity contribution in [1.29, 1.82) is 0 Å². The summed E-state index contributed by atoms with van der Waals surface area (Å²) in [4.78, 5) is 16.2. The van der Waals surface area contributed by atoms with Gasteiger partial charge in [0.25, 0.3) is 0 Å². The molecule has 9 nitrogen and oxygen atoms in total. The van der Waals surface area contributed by atoms with Crippen molar-refractivity contribution in [2.24, 2.45) is 20.9 Å². The molecular weight excluding hydrogens is 497 g/mol. The molecule has 0 fully saturated rings. The molecule has 0 saturated carbocycles. The van der Waals surface area contributed by atoms with Crippen LogP contribution >= 0.6 is 0 Å². The zero-order valence-corrected chi connectivity index (χ0v) is 22.4. The molecule has 2 N–H and O–H groups in total. The van der Waals surface area contributed by atoms with Crippen molar-refractivity contribution in [2.75, 3.05) is 38.1 Å². The third-order valence-corrected chi connectivity index (χ3v) is 8.43. The zero-order valence-electron chi connectivity index (χ0n) is 21.6. The molecule has 0 amide bonds. The van der Waals surface area contributed by atoms with E-state index in [-0.39, 0.29) is 31.0 Å². The molecule has 0 spiro atoms. The van der Waals surface area contributed by atoms with Crippen LogP contribution in [0.15, 0.2) is 62.8 Å². The summed E-state index contributed by atoms with van der Waals surface area (Å²) in [6.07, 6.45) is 2.91. The first-order chi connectivity index (χ1) is 17.6. The van der Waals surface area contributed by atoms with Gasteiger partial charge in [-0.25, -0.2) is 12.8 Å². The monoisotopic (exact) mass is 531 g/mol. The summed E-state index contributed by atoms with van der Waals surface area (Å²) in [5.74, 6) is 0.260. The number of rotatable bonds is 9. The van der Waals surface area contributed by atoms with E-state index in [4.69, 9.17) is 19.8 Å². The van der Waals surface area contributed by atoms with Crippen molar-refractivity contribution in [1.82, 2.24) is 4.90 Å². The molecule has 1 aliphatic carbocycles. The van der Waals surface area contributed by atoms with Crippen LogP contribution in [0.2, 0.25) is 0 Å². The number of aliphatic hydroxyl groups excluding tert-OH is 1. The van der Waals surface area contributed by atoms with Crippen molar-refractivity contribution >= 4 is 33.2 Å². The third kappa shape index (κ3) is 6.16. The highest BCUT2D eigenvalue weighted by Crippen LogP contribution is 2.31. The maximum atomic E-state index is 14.2. The lowest BCUT2D eigenvalue weighted by Crippen LogP contribution is -2.39. The van der Waals surface area contributed by atoms with Crippen LogP contribution in [-0.2, 0) is 14.8 Å². The molecular formula is C26H34FN5O4S. The van der Waals surface area contributed by atoms with Crippen LogP contribution in [0.5, 0.6) is 0 Å². The lowest BCUT2D eigenvalue weighted by Gasteiger charge is -2.26. The molecule has 4 atom stereocenters. The van der Waals surface area contributed by atoms with Gasteiger partial charge < -0.3 is 14.7 Å². The van der Waals surface area contributed by atoms with Gasteiger partial charge in [0.1, 0.15) is 17.7 Å². The molecule has 2 aliphatic heterocycles. The Kier molecular flexibility index (Phi) is 8.25. The molecule has 37 heavy (non-hydrogen) atoms. The number of amidine groups is 1. The minimum atomic E-state index is -3.96. The van der Waals surface area contributed by atoms with E-state index in [0.717, 1.165) is 11.3 Å². The SMILES string of the molecule is CC1=CC=C(F)C(S(=O)(=O)Nc2ccc(C3=NC4C(C(C)=N[C@@H]4C)C(OCCN(C)CCO)=N3)cc2)C1. The first-order valence-corrected chi connectivity index (χ1v) is 13.9. The van der Waals surface area contributed by atoms with E-state index >= 15 is 0 Å². The van der Waals surface area contributed by atoms with E-state index in [9.17, 15) is 12.8 Å². The van der Waals surface area contributed by atoms with Crippen molar-refractivity contribution in [3.05, 3.63) is 53.4 Å². The second-order valence-electron chi connectivity index (χ2n) is 9.74. The number of hydrogen-bond donors (Lipinski definition) is 2. The Morgan fingerprint density at radius 2 is 1.89 bits per heavy atom. The number of likely N-dealkylation sites (N-methyl/N-ethyl adjacent to an activating group) is 1. The first-order valence-electron chi connectivity index (χ1n) is 12.4. The molecule has 0 aromatic heterocycles. The highest BCUT2D eigenvalue weighted by Gasteiger charge is 2.42. The quantitative estimate of drug-likeness (QED) is 0.508. The minimum absolute atomic E-state index is 0.0202. The van der Waals surface area contributed by atoms with Crippen LogP contribution in [-0.4, -0.2) is 86.6 Å². The van der Waals surface area contributed by atoms with Gasteiger partial charge in [-0.1, -0.05) is 11.6 Å². The van der Waals surface area contributed by atoms with E-state index in [2.05, 4.69) is 9.71 Å². The number of nitrogens with zero attached hydrogens (tertiary/aromatic N) is 4. The third-order valence-electron chi connectivity index (χ3n) is 6.77. The zero-order chi connectivity index (χ0) is 26.7. The number of sulfonamides is 1. The lowest BCUT2D eigenvalue weighted by atomic mass is 9.93. The Morgan fingerprint density at radius 1 is 1.16 bits per heavy atom. The number of fused-ring (bicyclic) bond motifs is 1. The van der Waals surface area contributed by atoms with E-state index < -0.39 is 21.1 Å². The van der Waals surface area contributed by atoms with Crippen molar-refractivity contribution < 1.29 is 22.7 Å². The van der Waals surface area contributed by atoms with Gasteiger partial charge in [0.2, 0.25) is 15.9 Å². The average Bonchev–Trinajstić information content (AvgIpc) is 3.14. The highest BCUT2D eigenvalue weighted by atomic mass is 32.2. The number of nitrogens with one attached hydrogen (secondary N) is 1. The molecule has 11 heteroatoms. The summed E-state index contributed by atoms with van der Waals surface area (Å²) in [6.45, 7) is 7.44. The molecule has 200 valence electrons. The van der Waals surface area contributed by atoms with Gasteiger partial charge >= 0.3 is 0 Å². The minimum Gasteiger partial charge on any atom is -0.479 e. The predicted molar refractivity (Wildman–Crippen MR) is 145 cm³/mol. The van der Waals surface area contributed by atoms with Crippen LogP contribution in [0, 0.1) is 5.92 Å². The van der Waals surface area contributed by atoms with Crippen molar-refractivity contribution in [2.45, 2.75) is 44.5 Å². The van der Waals surface area contributed by atoms with Crippen LogP contribution in [0.1, 0.15) is 32.8 Å². The van der Waals surface area contributed by atoms with Gasteiger partial charge in [0.05, 0.1) is 24.6 Å². The molecule has 3 aliphatic rings. The Labute approximate surface area is 217 Å². The topological polar surface area (TPSA) is 116 Å².